The van der Waals surface area contributed by atoms with Gasteiger partial charge in [0.1, 0.15) is 18.2 Å². The van der Waals surface area contributed by atoms with E-state index < -0.39 is 5.60 Å². The normalized spacial score (nSPS) is 21.4. The van der Waals surface area contributed by atoms with Gasteiger partial charge in [-0.3, -0.25) is 9.88 Å². The zero-order valence-electron chi connectivity index (χ0n) is 15.5. The summed E-state index contributed by atoms with van der Waals surface area (Å²) in [4.78, 5) is 6.38. The maximum atomic E-state index is 13.0. The van der Waals surface area contributed by atoms with Gasteiger partial charge in [-0.1, -0.05) is 6.07 Å². The van der Waals surface area contributed by atoms with Gasteiger partial charge >= 0.3 is 0 Å². The Morgan fingerprint density at radius 3 is 2.73 bits per heavy atom. The molecule has 1 aromatic carbocycles. The molecule has 2 aromatic rings. The van der Waals surface area contributed by atoms with Crippen LogP contribution in [0.4, 0.5) is 4.39 Å². The van der Waals surface area contributed by atoms with Crippen molar-refractivity contribution in [3.05, 3.63) is 59.2 Å². The molecule has 1 unspecified atom stereocenters. The first kappa shape index (κ1) is 18.8. The van der Waals surface area contributed by atoms with E-state index >= 15 is 0 Å². The van der Waals surface area contributed by atoms with Crippen molar-refractivity contribution < 1.29 is 14.2 Å². The quantitative estimate of drug-likeness (QED) is 0.886. The van der Waals surface area contributed by atoms with Gasteiger partial charge in [0.05, 0.1) is 17.5 Å². The van der Waals surface area contributed by atoms with E-state index in [0.717, 1.165) is 31.0 Å². The summed E-state index contributed by atoms with van der Waals surface area (Å²) in [7, 11) is 0. The molecule has 0 aliphatic carbocycles. The van der Waals surface area contributed by atoms with E-state index in [-0.39, 0.29) is 5.82 Å². The van der Waals surface area contributed by atoms with Crippen molar-refractivity contribution in [3.63, 3.8) is 0 Å². The van der Waals surface area contributed by atoms with Crippen molar-refractivity contribution in [2.45, 2.75) is 45.3 Å². The summed E-state index contributed by atoms with van der Waals surface area (Å²) in [5.41, 5.74) is 2.45. The second-order valence-corrected chi connectivity index (χ2v) is 7.36. The summed E-state index contributed by atoms with van der Waals surface area (Å²) in [5, 5.41) is 10.9. The third-order valence-electron chi connectivity index (χ3n) is 5.17. The maximum Gasteiger partial charge on any atom is 0.141 e. The van der Waals surface area contributed by atoms with Gasteiger partial charge < -0.3 is 9.84 Å². The Bertz CT molecular complexity index is 735. The van der Waals surface area contributed by atoms with Crippen molar-refractivity contribution in [2.24, 2.45) is 0 Å². The van der Waals surface area contributed by atoms with E-state index in [2.05, 4.69) is 23.7 Å². The number of nitrogens with zero attached hydrogens (tertiary/aromatic N) is 2. The van der Waals surface area contributed by atoms with E-state index in [1.807, 2.05) is 18.2 Å². The number of pyridine rings is 1. The molecule has 3 rings (SSSR count). The minimum absolute atomic E-state index is 0.304. The highest BCUT2D eigenvalue weighted by Crippen LogP contribution is 2.25. The molecule has 0 spiro atoms. The lowest BCUT2D eigenvalue weighted by Crippen LogP contribution is -2.37. The monoisotopic (exact) mass is 358 g/mol. The van der Waals surface area contributed by atoms with Crippen molar-refractivity contribution in [1.82, 2.24) is 9.88 Å². The fourth-order valence-corrected chi connectivity index (χ4v) is 3.29. The predicted octanol–water partition coefficient (Wildman–Crippen LogP) is 3.63. The predicted molar refractivity (Wildman–Crippen MR) is 99.7 cm³/mol. The Balaban J connectivity index is 1.54. The summed E-state index contributed by atoms with van der Waals surface area (Å²) >= 11 is 0. The second kappa shape index (κ2) is 8.14. The van der Waals surface area contributed by atoms with E-state index in [1.165, 1.54) is 23.4 Å². The van der Waals surface area contributed by atoms with Gasteiger partial charge in [-0.2, -0.15) is 0 Å². The highest BCUT2D eigenvalue weighted by molar-refractivity contribution is 5.33. The van der Waals surface area contributed by atoms with E-state index in [0.29, 0.717) is 26.0 Å². The second-order valence-electron chi connectivity index (χ2n) is 7.36. The zero-order chi connectivity index (χ0) is 18.6. The molecule has 0 radical (unpaired) electrons. The Hall–Kier alpha value is -1.98. The lowest BCUT2D eigenvalue weighted by Gasteiger charge is -2.27. The SMILES string of the molecule is Cc1ccc(OCC2(O)CCCN(Cc3ccc(F)cn3)CC2)cc1C. The molecule has 1 aliphatic rings. The molecule has 5 heteroatoms. The van der Waals surface area contributed by atoms with Crippen LogP contribution in [0.15, 0.2) is 36.5 Å². The molecular weight excluding hydrogens is 331 g/mol. The van der Waals surface area contributed by atoms with E-state index in [1.54, 1.807) is 6.07 Å². The Morgan fingerprint density at radius 1 is 1.15 bits per heavy atom. The first-order valence-corrected chi connectivity index (χ1v) is 9.19. The third kappa shape index (κ3) is 5.02. The topological polar surface area (TPSA) is 45.6 Å². The fourth-order valence-electron chi connectivity index (χ4n) is 3.29. The first-order chi connectivity index (χ1) is 12.4. The molecule has 1 saturated heterocycles. The molecule has 140 valence electrons. The number of ether oxygens (including phenoxy) is 1. The largest absolute Gasteiger partial charge is 0.491 e. The number of benzene rings is 1. The molecule has 1 N–H and O–H groups in total. The summed E-state index contributed by atoms with van der Waals surface area (Å²) in [5.74, 6) is 0.487. The molecule has 4 nitrogen and oxygen atoms in total. The summed E-state index contributed by atoms with van der Waals surface area (Å²) in [6, 6.07) is 9.17. The first-order valence-electron chi connectivity index (χ1n) is 9.19. The minimum Gasteiger partial charge on any atom is -0.491 e. The number of hydrogen-bond acceptors (Lipinski definition) is 4. The minimum atomic E-state index is -0.816. The van der Waals surface area contributed by atoms with Crippen LogP contribution in [0.25, 0.3) is 0 Å². The van der Waals surface area contributed by atoms with Crippen LogP contribution in [0, 0.1) is 19.7 Å². The Kier molecular flexibility index (Phi) is 5.89. The van der Waals surface area contributed by atoms with E-state index in [4.69, 9.17) is 4.74 Å². The van der Waals surface area contributed by atoms with Crippen LogP contribution < -0.4 is 4.74 Å². The molecule has 0 saturated carbocycles. The van der Waals surface area contributed by atoms with Crippen LogP contribution in [0.2, 0.25) is 0 Å². The summed E-state index contributed by atoms with van der Waals surface area (Å²) in [6.45, 7) is 6.77. The highest BCUT2D eigenvalue weighted by Gasteiger charge is 2.31. The standard InChI is InChI=1S/C21H27FN2O2/c1-16-4-7-20(12-17(16)2)26-15-21(25)8-3-10-24(11-9-21)14-19-6-5-18(22)13-23-19/h4-7,12-13,25H,3,8-11,14-15H2,1-2H3. The highest BCUT2D eigenvalue weighted by atomic mass is 19.1. The molecule has 1 fully saturated rings. The maximum absolute atomic E-state index is 13.0. The summed E-state index contributed by atoms with van der Waals surface area (Å²) < 4.78 is 18.9. The number of halogens is 1. The number of aromatic nitrogens is 1. The van der Waals surface area contributed by atoms with Crippen molar-refractivity contribution in [1.29, 1.82) is 0 Å². The Labute approximate surface area is 154 Å². The van der Waals surface area contributed by atoms with Crippen LogP contribution in [0.5, 0.6) is 5.75 Å². The van der Waals surface area contributed by atoms with Crippen LogP contribution in [0.3, 0.4) is 0 Å². The third-order valence-corrected chi connectivity index (χ3v) is 5.17. The number of likely N-dealkylation sites (tertiary alicyclic amines) is 1. The number of rotatable bonds is 5. The molecule has 1 aliphatic heterocycles. The van der Waals surface area contributed by atoms with Gasteiger partial charge in [0, 0.05) is 13.1 Å². The zero-order valence-corrected chi connectivity index (χ0v) is 15.5. The lowest BCUT2D eigenvalue weighted by atomic mass is 9.96. The number of aliphatic hydroxyl groups is 1. The van der Waals surface area contributed by atoms with Crippen LogP contribution in [-0.4, -0.2) is 40.3 Å². The Morgan fingerprint density at radius 2 is 2.00 bits per heavy atom. The van der Waals surface area contributed by atoms with Gasteiger partial charge in [-0.05, 0) is 75.0 Å². The van der Waals surface area contributed by atoms with Gasteiger partial charge in [0.15, 0.2) is 0 Å². The van der Waals surface area contributed by atoms with Crippen LogP contribution in [0.1, 0.15) is 36.1 Å². The van der Waals surface area contributed by atoms with Crippen LogP contribution in [-0.2, 0) is 6.54 Å². The molecule has 1 atom stereocenters. The summed E-state index contributed by atoms with van der Waals surface area (Å²) in [6.07, 6.45) is 3.51. The average Bonchev–Trinajstić information content (AvgIpc) is 2.80. The van der Waals surface area contributed by atoms with Crippen molar-refractivity contribution in [3.8, 4) is 5.75 Å². The van der Waals surface area contributed by atoms with Crippen molar-refractivity contribution >= 4 is 0 Å². The van der Waals surface area contributed by atoms with Gasteiger partial charge in [0.25, 0.3) is 0 Å². The smallest absolute Gasteiger partial charge is 0.141 e. The van der Waals surface area contributed by atoms with Gasteiger partial charge in [-0.15, -0.1) is 0 Å². The molecule has 0 amide bonds. The molecule has 0 bridgehead atoms. The van der Waals surface area contributed by atoms with Crippen molar-refractivity contribution in [2.75, 3.05) is 19.7 Å². The fraction of sp³-hybridized carbons (Fsp3) is 0.476. The average molecular weight is 358 g/mol. The number of hydrogen-bond donors (Lipinski definition) is 1. The molecule has 2 heterocycles. The van der Waals surface area contributed by atoms with Gasteiger partial charge in [-0.25, -0.2) is 4.39 Å². The van der Waals surface area contributed by atoms with Gasteiger partial charge in [0.2, 0.25) is 0 Å². The number of aryl methyl sites for hydroxylation is 2. The molecular formula is C21H27FN2O2. The van der Waals surface area contributed by atoms with Crippen LogP contribution >= 0.6 is 0 Å². The molecule has 1 aromatic heterocycles. The van der Waals surface area contributed by atoms with E-state index in [9.17, 15) is 9.50 Å². The molecule has 26 heavy (non-hydrogen) atoms. The lowest BCUT2D eigenvalue weighted by molar-refractivity contribution is -0.0168.